The first-order valence-corrected chi connectivity index (χ1v) is 10.8. The van der Waals surface area contributed by atoms with Crippen LogP contribution in [0.3, 0.4) is 0 Å². The number of nitrogens with one attached hydrogen (secondary N) is 2. The van der Waals surface area contributed by atoms with Gasteiger partial charge in [0.15, 0.2) is 0 Å². The second-order valence-corrected chi connectivity index (χ2v) is 9.67. The molecule has 10 nitrogen and oxygen atoms in total. The molecular weight excluding hydrogens is 396 g/mol. The van der Waals surface area contributed by atoms with Gasteiger partial charge < -0.3 is 15.5 Å². The maximum Gasteiger partial charge on any atom is 0.353 e. The fourth-order valence-electron chi connectivity index (χ4n) is 3.91. The summed E-state index contributed by atoms with van der Waals surface area (Å²) in [4.78, 5) is 25.9. The molecule has 6 N–H and O–H groups in total. The second-order valence-electron chi connectivity index (χ2n) is 6.95. The monoisotopic (exact) mass is 418 g/mol. The summed E-state index contributed by atoms with van der Waals surface area (Å²) >= 11 is 1.38. The molecule has 3 aliphatic heterocycles. The molecule has 0 radical (unpaired) electrons. The van der Waals surface area contributed by atoms with Gasteiger partial charge in [0.1, 0.15) is 11.6 Å². The average Bonchev–Trinajstić information content (AvgIpc) is 3.07. The molecule has 3 heterocycles. The molecule has 0 spiro atoms. The molecule has 150 valence electrons. The molecule has 0 aromatic rings. The van der Waals surface area contributed by atoms with Gasteiger partial charge >= 0.3 is 5.97 Å². The molecule has 12 heteroatoms. The lowest BCUT2D eigenvalue weighted by atomic mass is 9.81. The Hall–Kier alpha value is -1.60. The van der Waals surface area contributed by atoms with E-state index in [9.17, 15) is 28.2 Å². The van der Waals surface area contributed by atoms with Crippen LogP contribution in [0.25, 0.3) is 0 Å². The third-order valence-corrected chi connectivity index (χ3v) is 7.19. The van der Waals surface area contributed by atoms with E-state index in [1.807, 2.05) is 6.92 Å². The zero-order chi connectivity index (χ0) is 20.1. The highest BCUT2D eigenvalue weighted by Gasteiger charge is 2.60. The van der Waals surface area contributed by atoms with Crippen molar-refractivity contribution in [3.63, 3.8) is 0 Å². The fraction of sp³-hybridized carbons (Fsp3) is 0.600. The maximum absolute atomic E-state index is 12.3. The molecule has 0 aromatic heterocycles. The molecule has 0 aliphatic carbocycles. The van der Waals surface area contributed by atoms with Crippen molar-refractivity contribution >= 4 is 33.8 Å². The van der Waals surface area contributed by atoms with Gasteiger partial charge in [0.2, 0.25) is 5.91 Å². The number of carboxylic acids is 1. The molecule has 3 aliphatic rings. The molecule has 0 aromatic carbocycles. The molecule has 1 amide bonds. The van der Waals surface area contributed by atoms with Crippen LogP contribution in [-0.2, 0) is 19.8 Å². The number of rotatable bonds is 7. The number of nitrogens with zero attached hydrogens (tertiary/aromatic N) is 1. The van der Waals surface area contributed by atoms with Crippen molar-refractivity contribution < 1.29 is 28.2 Å². The minimum Gasteiger partial charge on any atom is -0.512 e. The van der Waals surface area contributed by atoms with E-state index in [0.717, 1.165) is 0 Å². The molecular formula is C15H22N4O6S2. The number of hydrogen-bond acceptors (Lipinski definition) is 7. The highest BCUT2D eigenvalue weighted by atomic mass is 32.2. The smallest absolute Gasteiger partial charge is 0.353 e. The Bertz CT molecular complexity index is 826. The number of hydrogen-bond donors (Lipinski definition) is 5. The third-order valence-electron chi connectivity index (χ3n) is 5.11. The zero-order valence-electron chi connectivity index (χ0n) is 14.6. The topological polar surface area (TPSA) is 162 Å². The minimum atomic E-state index is -3.77. The Labute approximate surface area is 161 Å². The zero-order valence-corrected chi connectivity index (χ0v) is 16.2. The van der Waals surface area contributed by atoms with Crippen LogP contribution in [0, 0.1) is 11.8 Å². The van der Waals surface area contributed by atoms with Gasteiger partial charge in [0, 0.05) is 35.2 Å². The van der Waals surface area contributed by atoms with Gasteiger partial charge in [-0.3, -0.25) is 9.69 Å². The summed E-state index contributed by atoms with van der Waals surface area (Å²) in [6, 6.07) is -0.548. The van der Waals surface area contributed by atoms with Crippen molar-refractivity contribution in [1.29, 1.82) is 0 Å². The molecule has 0 unspecified atom stereocenters. The van der Waals surface area contributed by atoms with E-state index in [1.54, 1.807) is 0 Å². The first-order chi connectivity index (χ1) is 12.5. The number of carboxylic acid groups (broad SMARTS) is 1. The van der Waals surface area contributed by atoms with Gasteiger partial charge in [-0.2, -0.15) is 8.42 Å². The SMILES string of the molecule is C=C(O)[C@H]1C(=O)N2C(C(=O)O)=C(S[C@@H]3CN[C@H](CNS(N)(=O)=O)C3)[C@H](C)[C@H]12. The van der Waals surface area contributed by atoms with Gasteiger partial charge in [0.25, 0.3) is 10.2 Å². The largest absolute Gasteiger partial charge is 0.512 e. The number of β-lactam (4-membered cyclic amide) rings is 1. The van der Waals surface area contributed by atoms with Gasteiger partial charge in [-0.15, -0.1) is 11.8 Å². The highest BCUT2D eigenvalue weighted by Crippen LogP contribution is 2.52. The molecule has 3 rings (SSSR count). The van der Waals surface area contributed by atoms with Crippen LogP contribution in [0.15, 0.2) is 22.9 Å². The number of amides is 1. The first kappa shape index (κ1) is 20.1. The molecule has 2 saturated heterocycles. The van der Waals surface area contributed by atoms with Gasteiger partial charge in [-0.05, 0) is 6.42 Å². The van der Waals surface area contributed by atoms with E-state index in [2.05, 4.69) is 16.6 Å². The van der Waals surface area contributed by atoms with Gasteiger partial charge in [-0.25, -0.2) is 14.7 Å². The molecule has 5 atom stereocenters. The van der Waals surface area contributed by atoms with E-state index >= 15 is 0 Å². The third kappa shape index (κ3) is 3.72. The van der Waals surface area contributed by atoms with E-state index in [1.165, 1.54) is 16.7 Å². The number of aliphatic carboxylic acids is 1. The summed E-state index contributed by atoms with van der Waals surface area (Å²) in [5, 5.41) is 27.4. The lowest BCUT2D eigenvalue weighted by Crippen LogP contribution is -2.60. The molecule has 0 saturated carbocycles. The van der Waals surface area contributed by atoms with Crippen LogP contribution in [0.2, 0.25) is 0 Å². The fourth-order valence-corrected chi connectivity index (χ4v) is 5.86. The van der Waals surface area contributed by atoms with E-state index in [4.69, 9.17) is 5.14 Å². The number of carbonyl (C=O) groups excluding carboxylic acids is 1. The quantitative estimate of drug-likeness (QED) is 0.262. The maximum atomic E-state index is 12.3. The first-order valence-electron chi connectivity index (χ1n) is 8.37. The van der Waals surface area contributed by atoms with Crippen molar-refractivity contribution in [2.24, 2.45) is 17.0 Å². The summed E-state index contributed by atoms with van der Waals surface area (Å²) in [6.07, 6.45) is 0.616. The Morgan fingerprint density at radius 1 is 1.48 bits per heavy atom. The molecule has 2 fully saturated rings. The summed E-state index contributed by atoms with van der Waals surface area (Å²) in [5.41, 5.74) is -0.0360. The highest BCUT2D eigenvalue weighted by molar-refractivity contribution is 8.03. The van der Waals surface area contributed by atoms with Crippen molar-refractivity contribution in [2.45, 2.75) is 30.7 Å². The van der Waals surface area contributed by atoms with Crippen LogP contribution < -0.4 is 15.2 Å². The van der Waals surface area contributed by atoms with Crippen LogP contribution in [0.5, 0.6) is 0 Å². The Morgan fingerprint density at radius 2 is 2.15 bits per heavy atom. The van der Waals surface area contributed by atoms with Crippen LogP contribution in [0.4, 0.5) is 0 Å². The lowest BCUT2D eigenvalue weighted by molar-refractivity contribution is -0.155. The van der Waals surface area contributed by atoms with Gasteiger partial charge in [-0.1, -0.05) is 13.5 Å². The lowest BCUT2D eigenvalue weighted by Gasteiger charge is -2.44. The summed E-state index contributed by atoms with van der Waals surface area (Å²) in [5.74, 6) is -2.90. The average molecular weight is 418 g/mol. The molecule has 0 bridgehead atoms. The summed E-state index contributed by atoms with van der Waals surface area (Å²) in [6.45, 7) is 5.98. The van der Waals surface area contributed by atoms with Gasteiger partial charge in [0.05, 0.1) is 11.8 Å². The number of aliphatic hydroxyl groups is 1. The predicted molar refractivity (Wildman–Crippen MR) is 98.6 cm³/mol. The van der Waals surface area contributed by atoms with Crippen LogP contribution in [-0.4, -0.2) is 65.8 Å². The Balaban J connectivity index is 1.72. The Morgan fingerprint density at radius 3 is 2.70 bits per heavy atom. The standard InChI is InChI=1S/C15H22N4O6S2/c1-6-11-10(7(2)20)14(21)19(11)12(15(22)23)13(6)26-9-3-8(17-5-9)4-18-27(16,24)25/h6,8-11,17-18,20H,2-5H2,1H3,(H,22,23)(H2,16,24,25)/t6-,8+,9+,10-,11-/m1/s1. The number of nitrogens with two attached hydrogens (primary N) is 1. The van der Waals surface area contributed by atoms with E-state index in [-0.39, 0.29) is 35.2 Å². The van der Waals surface area contributed by atoms with Crippen molar-refractivity contribution in [3.8, 4) is 0 Å². The van der Waals surface area contributed by atoms with Crippen LogP contribution >= 0.6 is 11.8 Å². The Kier molecular flexibility index (Phi) is 5.29. The van der Waals surface area contributed by atoms with Crippen LogP contribution in [0.1, 0.15) is 13.3 Å². The normalized spacial score (nSPS) is 33.2. The summed E-state index contributed by atoms with van der Waals surface area (Å²) < 4.78 is 24.2. The number of fused-ring (bicyclic) bond motifs is 1. The number of carbonyl (C=O) groups is 2. The molecule has 27 heavy (non-hydrogen) atoms. The number of thioether (sulfide) groups is 1. The van der Waals surface area contributed by atoms with Crippen molar-refractivity contribution in [1.82, 2.24) is 14.9 Å². The van der Waals surface area contributed by atoms with Crippen molar-refractivity contribution in [3.05, 3.63) is 22.9 Å². The summed E-state index contributed by atoms with van der Waals surface area (Å²) in [7, 11) is -3.77. The van der Waals surface area contributed by atoms with E-state index in [0.29, 0.717) is 17.9 Å². The number of aliphatic hydroxyl groups excluding tert-OH is 1. The minimum absolute atomic E-state index is 0.0219. The van der Waals surface area contributed by atoms with E-state index < -0.39 is 34.0 Å². The van der Waals surface area contributed by atoms with Crippen molar-refractivity contribution in [2.75, 3.05) is 13.1 Å². The predicted octanol–water partition coefficient (Wildman–Crippen LogP) is -0.912. The second kappa shape index (κ2) is 7.09.